The van der Waals surface area contributed by atoms with Gasteiger partial charge in [-0.25, -0.2) is 9.78 Å². The molecule has 0 spiro atoms. The lowest BCUT2D eigenvalue weighted by Gasteiger charge is -1.94. The fraction of sp³-hybridized carbons (Fsp3) is 0. The summed E-state index contributed by atoms with van der Waals surface area (Å²) in [6.45, 7) is 0. The first-order valence-corrected chi connectivity index (χ1v) is 4.10. The molecule has 0 saturated heterocycles. The second-order valence-corrected chi connectivity index (χ2v) is 2.83. The molecule has 0 aliphatic heterocycles. The number of carbonyl (C=O) groups is 1. The van der Waals surface area contributed by atoms with Crippen molar-refractivity contribution in [1.29, 1.82) is 0 Å². The molecule has 0 bridgehead atoms. The molecule has 76 valence electrons. The maximum Gasteiger partial charge on any atom is 0.358 e. The average Bonchev–Trinajstić information content (AvgIpc) is 2.66. The highest BCUT2D eigenvalue weighted by molar-refractivity contribution is 5.86. The average molecular weight is 205 g/mol. The lowest BCUT2D eigenvalue weighted by atomic mass is 10.2. The maximum absolute atomic E-state index is 10.5. The smallest absolute Gasteiger partial charge is 0.358 e. The van der Waals surface area contributed by atoms with E-state index in [0.717, 1.165) is 0 Å². The molecular weight excluding hydrogens is 198 g/mol. The fourth-order valence-electron chi connectivity index (χ4n) is 1.09. The Bertz CT molecular complexity index is 507. The van der Waals surface area contributed by atoms with Crippen LogP contribution >= 0.6 is 0 Å². The van der Waals surface area contributed by atoms with Crippen LogP contribution in [-0.2, 0) is 0 Å². The number of nitrogens with two attached hydrogens (primary N) is 1. The van der Waals surface area contributed by atoms with Gasteiger partial charge in [-0.15, -0.1) is 0 Å². The summed E-state index contributed by atoms with van der Waals surface area (Å²) in [6.07, 6.45) is 0. The summed E-state index contributed by atoms with van der Waals surface area (Å²) in [5.74, 6) is -0.533. The first-order chi connectivity index (χ1) is 7.16. The normalized spacial score (nSPS) is 10.1. The minimum Gasteiger partial charge on any atom is -0.476 e. The number of carboxylic acids is 1. The Morgan fingerprint density at radius 3 is 2.87 bits per heavy atom. The van der Waals surface area contributed by atoms with E-state index in [2.05, 4.69) is 10.1 Å². The van der Waals surface area contributed by atoms with Gasteiger partial charge in [0.2, 0.25) is 0 Å². The molecule has 0 fully saturated rings. The highest BCUT2D eigenvalue weighted by atomic mass is 16.5. The molecule has 2 aromatic rings. The number of carboxylic acid groups (broad SMARTS) is 1. The molecule has 2 aromatic heterocycles. The molecule has 0 unspecified atom stereocenters. The number of nitrogen functional groups attached to an aromatic ring is 1. The van der Waals surface area contributed by atoms with Crippen molar-refractivity contribution in [2.75, 3.05) is 5.73 Å². The predicted octanol–water partition coefficient (Wildman–Crippen LogP) is 1.02. The van der Waals surface area contributed by atoms with Gasteiger partial charge in [0.05, 0.1) is 0 Å². The summed E-state index contributed by atoms with van der Waals surface area (Å²) < 4.78 is 4.82. The summed E-state index contributed by atoms with van der Waals surface area (Å²) in [6, 6.07) is 6.27. The molecule has 6 nitrogen and oxygen atoms in total. The number of hydrogen-bond donors (Lipinski definition) is 2. The quantitative estimate of drug-likeness (QED) is 0.758. The number of rotatable bonds is 2. The second-order valence-electron chi connectivity index (χ2n) is 2.83. The van der Waals surface area contributed by atoms with Crippen molar-refractivity contribution in [2.24, 2.45) is 0 Å². The lowest BCUT2D eigenvalue weighted by Crippen LogP contribution is -1.94. The van der Waals surface area contributed by atoms with Crippen molar-refractivity contribution >= 4 is 11.8 Å². The van der Waals surface area contributed by atoms with E-state index in [-0.39, 0.29) is 11.5 Å². The molecule has 0 aliphatic carbocycles. The van der Waals surface area contributed by atoms with E-state index in [0.29, 0.717) is 11.5 Å². The molecule has 2 heterocycles. The standard InChI is InChI=1S/C9H7N3O3/c10-8-3-1-2-5(11-8)7-4-6(9(13)14)12-15-7/h1-4H,(H2,10,11)(H,13,14). The molecular formula is C9H7N3O3. The number of nitrogens with zero attached hydrogens (tertiary/aromatic N) is 2. The largest absolute Gasteiger partial charge is 0.476 e. The van der Waals surface area contributed by atoms with E-state index in [1.807, 2.05) is 0 Å². The number of pyridine rings is 1. The first kappa shape index (κ1) is 9.20. The Morgan fingerprint density at radius 1 is 1.47 bits per heavy atom. The zero-order chi connectivity index (χ0) is 10.8. The fourth-order valence-corrected chi connectivity index (χ4v) is 1.09. The third-order valence-electron chi connectivity index (χ3n) is 1.75. The van der Waals surface area contributed by atoms with Crippen LogP contribution in [0.25, 0.3) is 11.5 Å². The van der Waals surface area contributed by atoms with E-state index in [4.69, 9.17) is 15.4 Å². The topological polar surface area (TPSA) is 102 Å². The molecule has 15 heavy (non-hydrogen) atoms. The molecule has 0 amide bonds. The van der Waals surface area contributed by atoms with Gasteiger partial charge in [-0.05, 0) is 12.1 Å². The van der Waals surface area contributed by atoms with Gasteiger partial charge in [-0.1, -0.05) is 11.2 Å². The second kappa shape index (κ2) is 3.41. The van der Waals surface area contributed by atoms with Crippen LogP contribution in [0.3, 0.4) is 0 Å². The van der Waals surface area contributed by atoms with Gasteiger partial charge in [-0.3, -0.25) is 0 Å². The third-order valence-corrected chi connectivity index (χ3v) is 1.75. The van der Waals surface area contributed by atoms with Gasteiger partial charge in [0.15, 0.2) is 11.5 Å². The molecule has 6 heteroatoms. The highest BCUT2D eigenvalue weighted by Crippen LogP contribution is 2.18. The maximum atomic E-state index is 10.5. The Hall–Kier alpha value is -2.37. The number of aromatic nitrogens is 2. The number of aromatic carboxylic acids is 1. The monoisotopic (exact) mass is 205 g/mol. The van der Waals surface area contributed by atoms with Crippen LogP contribution in [0.2, 0.25) is 0 Å². The minimum absolute atomic E-state index is 0.158. The van der Waals surface area contributed by atoms with Gasteiger partial charge in [0, 0.05) is 6.07 Å². The van der Waals surface area contributed by atoms with Gasteiger partial charge < -0.3 is 15.4 Å². The van der Waals surface area contributed by atoms with Crippen molar-refractivity contribution in [3.8, 4) is 11.5 Å². The van der Waals surface area contributed by atoms with E-state index in [9.17, 15) is 4.79 Å². The third kappa shape index (κ3) is 1.78. The van der Waals surface area contributed by atoms with Gasteiger partial charge >= 0.3 is 5.97 Å². The molecule has 0 aromatic carbocycles. The van der Waals surface area contributed by atoms with Crippen molar-refractivity contribution < 1.29 is 14.4 Å². The minimum atomic E-state index is -1.14. The highest BCUT2D eigenvalue weighted by Gasteiger charge is 2.12. The van der Waals surface area contributed by atoms with E-state index < -0.39 is 5.97 Å². The number of hydrogen-bond acceptors (Lipinski definition) is 5. The van der Waals surface area contributed by atoms with E-state index >= 15 is 0 Å². The van der Waals surface area contributed by atoms with Crippen LogP contribution in [0.15, 0.2) is 28.8 Å². The summed E-state index contributed by atoms with van der Waals surface area (Å²) in [7, 11) is 0. The van der Waals surface area contributed by atoms with Gasteiger partial charge in [-0.2, -0.15) is 0 Å². The van der Waals surface area contributed by atoms with E-state index in [1.54, 1.807) is 18.2 Å². The van der Waals surface area contributed by atoms with Crippen molar-refractivity contribution in [3.05, 3.63) is 30.0 Å². The SMILES string of the molecule is Nc1cccc(-c2cc(C(=O)O)no2)n1. The molecule has 3 N–H and O–H groups in total. The molecule has 0 atom stereocenters. The molecule has 0 saturated carbocycles. The zero-order valence-corrected chi connectivity index (χ0v) is 7.54. The van der Waals surface area contributed by atoms with Crippen molar-refractivity contribution in [3.63, 3.8) is 0 Å². The van der Waals surface area contributed by atoms with Gasteiger partial charge in [0.1, 0.15) is 11.5 Å². The summed E-state index contributed by atoms with van der Waals surface area (Å²) in [4.78, 5) is 14.5. The summed E-state index contributed by atoms with van der Waals surface area (Å²) in [5, 5.41) is 12.0. The Morgan fingerprint density at radius 2 is 2.27 bits per heavy atom. The van der Waals surface area contributed by atoms with Gasteiger partial charge in [0.25, 0.3) is 0 Å². The Labute approximate surface area is 84.3 Å². The summed E-state index contributed by atoms with van der Waals surface area (Å²) >= 11 is 0. The summed E-state index contributed by atoms with van der Waals surface area (Å²) in [5.41, 5.74) is 5.77. The Kier molecular flexibility index (Phi) is 2.09. The zero-order valence-electron chi connectivity index (χ0n) is 7.54. The van der Waals surface area contributed by atoms with E-state index in [1.165, 1.54) is 6.07 Å². The van der Waals surface area contributed by atoms with Crippen LogP contribution in [0.1, 0.15) is 10.5 Å². The van der Waals surface area contributed by atoms with Crippen molar-refractivity contribution in [2.45, 2.75) is 0 Å². The molecule has 0 aliphatic rings. The van der Waals surface area contributed by atoms with Crippen molar-refractivity contribution in [1.82, 2.24) is 10.1 Å². The molecule has 0 radical (unpaired) electrons. The van der Waals surface area contributed by atoms with Crippen LogP contribution in [0.5, 0.6) is 0 Å². The molecule has 2 rings (SSSR count). The first-order valence-electron chi connectivity index (χ1n) is 4.10. The Balaban J connectivity index is 2.41. The van der Waals surface area contributed by atoms with Crippen LogP contribution in [-0.4, -0.2) is 21.2 Å². The van der Waals surface area contributed by atoms with Crippen LogP contribution < -0.4 is 5.73 Å². The van der Waals surface area contributed by atoms with Crippen LogP contribution in [0, 0.1) is 0 Å². The number of anilines is 1. The predicted molar refractivity (Wildman–Crippen MR) is 51.1 cm³/mol. The lowest BCUT2D eigenvalue weighted by molar-refractivity contribution is 0.0686. The van der Waals surface area contributed by atoms with Crippen LogP contribution in [0.4, 0.5) is 5.82 Å².